The van der Waals surface area contributed by atoms with E-state index in [1.807, 2.05) is 0 Å². The van der Waals surface area contributed by atoms with Crippen LogP contribution in [-0.2, 0) is 55.8 Å². The highest BCUT2D eigenvalue weighted by Gasteiger charge is 2.29. The van der Waals surface area contributed by atoms with E-state index in [0.717, 1.165) is 154 Å². The minimum Gasteiger partial charge on any atom is -0.463 e. The van der Waals surface area contributed by atoms with E-state index in [-0.39, 0.29) is 19.3 Å². The van der Waals surface area contributed by atoms with Crippen molar-refractivity contribution in [3.8, 4) is 0 Å². The molecule has 0 aliphatic carbocycles. The molecule has 0 aromatic heterocycles. The Hall–Kier alpha value is -5.09. The Morgan fingerprint density at radius 3 is 0.945 bits per heavy atom. The summed E-state index contributed by atoms with van der Waals surface area (Å²) in [4.78, 5) is 58.3. The van der Waals surface area contributed by atoms with E-state index in [4.69, 9.17) is 32.3 Å². The SMILES string of the molecule is CC/C=C\C/C=C\C/C=C\C/C=C\C/C=C\C/C=C\CCCCC(=O)OCC(O)COP(=O)(O)OCC(O)COP(=O)(O)OCC(COC(=O)CCCC/C=C\C/C=C\C/C=C\C/C=C\C/C=C\C/C=C\CC)OC(=O)CCCCCCC/C=C\C/C=C\CCC. The molecule has 0 fully saturated rings. The molecule has 0 aromatic carbocycles. The van der Waals surface area contributed by atoms with Gasteiger partial charge in [0, 0.05) is 19.3 Å². The molecule has 4 N–H and O–H groups in total. The van der Waals surface area contributed by atoms with Gasteiger partial charge in [0.1, 0.15) is 25.4 Å². The second-order valence-corrected chi connectivity index (χ2v) is 24.4. The van der Waals surface area contributed by atoms with Crippen LogP contribution >= 0.6 is 15.6 Å². The maximum atomic E-state index is 12.9. The third kappa shape index (κ3) is 66.2. The number of ether oxygens (including phenoxy) is 3. The highest BCUT2D eigenvalue weighted by molar-refractivity contribution is 7.47. The zero-order valence-corrected chi connectivity index (χ0v) is 57.2. The van der Waals surface area contributed by atoms with E-state index in [1.165, 1.54) is 0 Å². The van der Waals surface area contributed by atoms with Crippen LogP contribution in [0, 0.1) is 0 Å². The van der Waals surface area contributed by atoms with Crippen LogP contribution in [0.2, 0.25) is 0 Å². The minimum atomic E-state index is -4.95. The number of phosphoric ester groups is 2. The number of hydrogen-bond donors (Lipinski definition) is 4. The average molecular weight is 1310 g/mol. The molecule has 0 rings (SSSR count). The quantitative estimate of drug-likeness (QED) is 0.0146. The molecule has 0 spiro atoms. The summed E-state index contributed by atoms with van der Waals surface area (Å²) in [5, 5.41) is 20.5. The van der Waals surface area contributed by atoms with Crippen LogP contribution in [0.1, 0.15) is 213 Å². The molecule has 0 amide bonds. The zero-order chi connectivity index (χ0) is 66.7. The Morgan fingerprint density at radius 1 is 0.319 bits per heavy atom. The summed E-state index contributed by atoms with van der Waals surface area (Å²) in [6.45, 7) is 2.20. The van der Waals surface area contributed by atoms with Crippen molar-refractivity contribution < 1.29 is 75.8 Å². The molecule has 0 aliphatic heterocycles. The van der Waals surface area contributed by atoms with Gasteiger partial charge in [0.25, 0.3) is 0 Å². The maximum absolute atomic E-state index is 12.9. The molecule has 0 aliphatic rings. The normalized spacial score (nSPS) is 15.3. The minimum absolute atomic E-state index is 0.0701. The van der Waals surface area contributed by atoms with Gasteiger partial charge in [-0.2, -0.15) is 0 Å². The molecule has 91 heavy (non-hydrogen) atoms. The summed E-state index contributed by atoms with van der Waals surface area (Å²) < 4.78 is 60.7. The van der Waals surface area contributed by atoms with Crippen LogP contribution < -0.4 is 0 Å². The molecule has 0 saturated heterocycles. The number of aliphatic hydroxyl groups excluding tert-OH is 2. The van der Waals surface area contributed by atoms with Gasteiger partial charge in [0.05, 0.1) is 26.4 Å². The van der Waals surface area contributed by atoms with Crippen molar-refractivity contribution in [2.24, 2.45) is 0 Å². The first-order valence-electron chi connectivity index (χ1n) is 33.4. The average Bonchev–Trinajstić information content (AvgIpc) is 3.75. The Bertz CT molecular complexity index is 2340. The van der Waals surface area contributed by atoms with Crippen molar-refractivity contribution in [1.82, 2.24) is 0 Å². The third-order valence-corrected chi connectivity index (χ3v) is 14.8. The highest BCUT2D eigenvalue weighted by Crippen LogP contribution is 2.45. The van der Waals surface area contributed by atoms with Gasteiger partial charge in [-0.1, -0.05) is 217 Å². The summed E-state index contributed by atoms with van der Waals surface area (Å²) in [6.07, 6.45) is 79.9. The lowest BCUT2D eigenvalue weighted by Gasteiger charge is -2.21. The van der Waals surface area contributed by atoms with Crippen LogP contribution in [0.5, 0.6) is 0 Å². The number of hydrogen-bond acceptors (Lipinski definition) is 14. The van der Waals surface area contributed by atoms with Crippen LogP contribution in [-0.4, -0.2) is 95.9 Å². The smallest absolute Gasteiger partial charge is 0.463 e. The summed E-state index contributed by atoms with van der Waals surface area (Å²) >= 11 is 0. The predicted molar refractivity (Wildman–Crippen MR) is 371 cm³/mol. The van der Waals surface area contributed by atoms with Gasteiger partial charge in [0.15, 0.2) is 6.10 Å². The highest BCUT2D eigenvalue weighted by atomic mass is 31.2. The Kier molecular flexibility index (Phi) is 61.4. The monoisotopic (exact) mass is 1310 g/mol. The molecular formula is C73H116O16P2. The molecule has 16 nitrogen and oxygen atoms in total. The van der Waals surface area contributed by atoms with Crippen molar-refractivity contribution in [2.75, 3.05) is 39.6 Å². The molecule has 5 atom stereocenters. The number of carbonyl (C=O) groups excluding carboxylic acids is 3. The number of phosphoric acid groups is 2. The molecule has 0 aromatic rings. The second-order valence-electron chi connectivity index (χ2n) is 21.5. The lowest BCUT2D eigenvalue weighted by molar-refractivity contribution is -0.161. The van der Waals surface area contributed by atoms with Crippen LogP contribution in [0.15, 0.2) is 170 Å². The molecule has 0 bridgehead atoms. The molecule has 514 valence electrons. The Labute approximate surface area is 548 Å². The molecule has 0 heterocycles. The first-order valence-corrected chi connectivity index (χ1v) is 36.4. The Morgan fingerprint density at radius 2 is 0.582 bits per heavy atom. The van der Waals surface area contributed by atoms with Crippen molar-refractivity contribution >= 4 is 33.6 Å². The number of unbranched alkanes of at least 4 members (excludes halogenated alkanes) is 10. The van der Waals surface area contributed by atoms with Gasteiger partial charge < -0.3 is 34.2 Å². The predicted octanol–water partition coefficient (Wildman–Crippen LogP) is 18.5. The van der Waals surface area contributed by atoms with Crippen molar-refractivity contribution in [2.45, 2.75) is 232 Å². The number of aliphatic hydroxyl groups is 2. The lowest BCUT2D eigenvalue weighted by Crippen LogP contribution is -2.30. The zero-order valence-electron chi connectivity index (χ0n) is 55.4. The first kappa shape index (κ1) is 85.9. The van der Waals surface area contributed by atoms with E-state index in [0.29, 0.717) is 19.3 Å². The molecule has 18 heteroatoms. The standard InChI is InChI=1S/C73H116O16P2/c1-4-7-10-13-16-19-22-25-27-29-31-33-35-37-39-42-44-47-50-53-56-59-71(76)83-62-68(74)63-85-90(79,80)86-64-69(75)65-87-91(81,82)88-67-70(89-73(78)61-58-55-52-49-46-41-24-21-18-15-12-9-6-3)66-84-72(77)60-57-54-51-48-45-43-40-38-36-34-32-30-28-26-23-20-17-14-11-8-5-2/h7-8,10-12,15-17,19-21,24-28,31-34,37-40,44-45,47-48,68-70,74-75H,4-6,9,13-14,18,22-23,29-30,35-36,41-43,46,49-67H2,1-3H3,(H,79,80)(H,81,82)/b10-7-,11-8-,15-12-,19-16-,20-17-,24-21-,27-25-,28-26-,33-31-,34-32-,39-37-,40-38-,47-44-,48-45-. The van der Waals surface area contributed by atoms with Crippen molar-refractivity contribution in [3.63, 3.8) is 0 Å². The molecular weight excluding hydrogens is 1190 g/mol. The van der Waals surface area contributed by atoms with Gasteiger partial charge in [-0.15, -0.1) is 0 Å². The molecule has 5 unspecified atom stereocenters. The maximum Gasteiger partial charge on any atom is 0.472 e. The van der Waals surface area contributed by atoms with Gasteiger partial charge in [0.2, 0.25) is 0 Å². The number of allylic oxidation sites excluding steroid dienone is 28. The van der Waals surface area contributed by atoms with E-state index >= 15 is 0 Å². The first-order chi connectivity index (χ1) is 44.2. The third-order valence-electron chi connectivity index (χ3n) is 12.9. The largest absolute Gasteiger partial charge is 0.472 e. The van der Waals surface area contributed by atoms with Gasteiger partial charge >= 0.3 is 33.6 Å². The fourth-order valence-corrected chi connectivity index (χ4v) is 9.43. The van der Waals surface area contributed by atoms with Crippen LogP contribution in [0.25, 0.3) is 0 Å². The van der Waals surface area contributed by atoms with Crippen molar-refractivity contribution in [1.29, 1.82) is 0 Å². The molecule has 0 radical (unpaired) electrons. The van der Waals surface area contributed by atoms with Gasteiger partial charge in [-0.3, -0.25) is 32.5 Å². The van der Waals surface area contributed by atoms with Crippen LogP contribution in [0.4, 0.5) is 0 Å². The van der Waals surface area contributed by atoms with Crippen LogP contribution in [0.3, 0.4) is 0 Å². The van der Waals surface area contributed by atoms with E-state index in [2.05, 4.69) is 191 Å². The molecule has 0 saturated carbocycles. The van der Waals surface area contributed by atoms with Gasteiger partial charge in [-0.25, -0.2) is 9.13 Å². The van der Waals surface area contributed by atoms with E-state index < -0.39 is 91.5 Å². The van der Waals surface area contributed by atoms with Gasteiger partial charge in [-0.05, 0) is 148 Å². The summed E-state index contributed by atoms with van der Waals surface area (Å²) in [7, 11) is -9.82. The summed E-state index contributed by atoms with van der Waals surface area (Å²) in [5.41, 5.74) is 0. The topological polar surface area (TPSA) is 231 Å². The van der Waals surface area contributed by atoms with Crippen molar-refractivity contribution in [3.05, 3.63) is 170 Å². The van der Waals surface area contributed by atoms with E-state index in [9.17, 15) is 43.5 Å². The number of carbonyl (C=O) groups is 3. The summed E-state index contributed by atoms with van der Waals surface area (Å²) in [5.74, 6) is -1.70. The lowest BCUT2D eigenvalue weighted by atomic mass is 10.1. The number of esters is 3. The number of rotatable bonds is 61. The Balaban J connectivity index is 4.76. The fraction of sp³-hybridized carbons (Fsp3) is 0.575. The second kappa shape index (κ2) is 65.0. The fourth-order valence-electron chi connectivity index (χ4n) is 7.85. The van der Waals surface area contributed by atoms with E-state index in [1.54, 1.807) is 0 Å². The summed E-state index contributed by atoms with van der Waals surface area (Å²) in [6, 6.07) is 0.